The van der Waals surface area contributed by atoms with Crippen molar-refractivity contribution < 1.29 is 18.3 Å². The van der Waals surface area contributed by atoms with Crippen LogP contribution in [-0.4, -0.2) is 35.2 Å². The number of nitrogens with zero attached hydrogens (tertiary/aromatic N) is 3. The maximum absolute atomic E-state index is 13.0. The number of methoxy groups -OCH3 is 1. The van der Waals surface area contributed by atoms with Crippen molar-refractivity contribution >= 4 is 5.91 Å². The number of hydrogen-bond donors (Lipinski definition) is 0. The Balaban J connectivity index is 1.56. The highest BCUT2D eigenvalue weighted by Gasteiger charge is 2.20. The highest BCUT2D eigenvalue weighted by atomic mass is 19.1. The molecule has 0 radical (unpaired) electrons. The molecule has 146 valence electrons. The Kier molecular flexibility index (Phi) is 6.49. The number of benzene rings is 2. The van der Waals surface area contributed by atoms with Crippen LogP contribution in [-0.2, 0) is 22.5 Å². The molecule has 3 rings (SSSR count). The first kappa shape index (κ1) is 19.7. The summed E-state index contributed by atoms with van der Waals surface area (Å²) in [7, 11) is 3.29. The first-order valence-electron chi connectivity index (χ1n) is 8.95. The molecule has 28 heavy (non-hydrogen) atoms. The summed E-state index contributed by atoms with van der Waals surface area (Å²) < 4.78 is 24.1. The fourth-order valence-electron chi connectivity index (χ4n) is 2.84. The Hall–Kier alpha value is -3.06. The van der Waals surface area contributed by atoms with E-state index in [4.69, 9.17) is 9.15 Å². The predicted molar refractivity (Wildman–Crippen MR) is 101 cm³/mol. The van der Waals surface area contributed by atoms with Crippen LogP contribution < -0.4 is 0 Å². The zero-order valence-corrected chi connectivity index (χ0v) is 15.8. The van der Waals surface area contributed by atoms with Crippen molar-refractivity contribution in [3.8, 4) is 0 Å². The van der Waals surface area contributed by atoms with E-state index in [2.05, 4.69) is 10.2 Å². The van der Waals surface area contributed by atoms with Crippen molar-refractivity contribution in [3.63, 3.8) is 0 Å². The lowest BCUT2D eigenvalue weighted by atomic mass is 10.1. The number of carbonyl (C=O) groups excluding carboxylic acids is 1. The van der Waals surface area contributed by atoms with Gasteiger partial charge in [-0.3, -0.25) is 4.79 Å². The molecule has 2 aromatic carbocycles. The van der Waals surface area contributed by atoms with Crippen LogP contribution in [0, 0.1) is 5.82 Å². The highest BCUT2D eigenvalue weighted by molar-refractivity contribution is 5.76. The summed E-state index contributed by atoms with van der Waals surface area (Å²) in [6, 6.07) is 15.7. The van der Waals surface area contributed by atoms with Crippen molar-refractivity contribution in [2.24, 2.45) is 0 Å². The average Bonchev–Trinajstić information content (AvgIpc) is 3.18. The van der Waals surface area contributed by atoms with Gasteiger partial charge in [-0.15, -0.1) is 10.2 Å². The number of hydrogen-bond acceptors (Lipinski definition) is 5. The van der Waals surface area contributed by atoms with Gasteiger partial charge in [0.2, 0.25) is 17.7 Å². The Morgan fingerprint density at radius 2 is 1.86 bits per heavy atom. The number of aromatic nitrogens is 2. The quantitative estimate of drug-likeness (QED) is 0.595. The van der Waals surface area contributed by atoms with Crippen LogP contribution in [0.2, 0.25) is 0 Å². The zero-order chi connectivity index (χ0) is 19.9. The first-order chi connectivity index (χ1) is 13.6. The second-order valence-electron chi connectivity index (χ2n) is 6.44. The van der Waals surface area contributed by atoms with Gasteiger partial charge < -0.3 is 14.1 Å². The number of ether oxygens (including phenoxy) is 1. The molecule has 1 heterocycles. The fraction of sp³-hybridized carbons (Fsp3) is 0.286. The molecule has 3 aromatic rings. The Bertz CT molecular complexity index is 897. The van der Waals surface area contributed by atoms with Gasteiger partial charge in [-0.1, -0.05) is 42.5 Å². The van der Waals surface area contributed by atoms with E-state index >= 15 is 0 Å². The third-order valence-electron chi connectivity index (χ3n) is 4.36. The van der Waals surface area contributed by atoms with E-state index in [1.54, 1.807) is 31.2 Å². The summed E-state index contributed by atoms with van der Waals surface area (Å²) in [6.07, 6.45) is 0.131. The molecule has 0 bridgehead atoms. The third-order valence-corrected chi connectivity index (χ3v) is 4.36. The topological polar surface area (TPSA) is 68.5 Å². The zero-order valence-electron chi connectivity index (χ0n) is 15.8. The molecule has 0 spiro atoms. The second kappa shape index (κ2) is 9.23. The normalized spacial score (nSPS) is 12.0. The maximum Gasteiger partial charge on any atom is 0.249 e. The molecular weight excluding hydrogens is 361 g/mol. The van der Waals surface area contributed by atoms with Crippen molar-refractivity contribution in [2.45, 2.75) is 25.5 Å². The van der Waals surface area contributed by atoms with Gasteiger partial charge in [0.1, 0.15) is 5.82 Å². The smallest absolute Gasteiger partial charge is 0.249 e. The van der Waals surface area contributed by atoms with Gasteiger partial charge >= 0.3 is 0 Å². The van der Waals surface area contributed by atoms with Gasteiger partial charge in [0.25, 0.3) is 0 Å². The number of rotatable bonds is 8. The number of halogens is 1. The molecule has 0 fully saturated rings. The van der Waals surface area contributed by atoms with E-state index in [0.29, 0.717) is 24.7 Å². The van der Waals surface area contributed by atoms with E-state index in [1.807, 2.05) is 30.3 Å². The van der Waals surface area contributed by atoms with Crippen molar-refractivity contribution in [2.75, 3.05) is 14.2 Å². The number of aryl methyl sites for hydroxylation is 1. The summed E-state index contributed by atoms with van der Waals surface area (Å²) >= 11 is 0. The molecule has 0 aliphatic rings. The fourth-order valence-corrected chi connectivity index (χ4v) is 2.84. The van der Waals surface area contributed by atoms with Crippen LogP contribution >= 0.6 is 0 Å². The number of amides is 1. The van der Waals surface area contributed by atoms with Gasteiger partial charge in [0, 0.05) is 33.5 Å². The van der Waals surface area contributed by atoms with E-state index in [9.17, 15) is 9.18 Å². The molecule has 7 heteroatoms. The van der Waals surface area contributed by atoms with E-state index in [0.717, 1.165) is 11.1 Å². The molecule has 1 amide bonds. The Labute approximate surface area is 163 Å². The summed E-state index contributed by atoms with van der Waals surface area (Å²) in [5.74, 6) is 0.387. The molecule has 0 aliphatic heterocycles. The van der Waals surface area contributed by atoms with Crippen LogP contribution in [0.3, 0.4) is 0 Å². The van der Waals surface area contributed by atoms with E-state index in [-0.39, 0.29) is 18.1 Å². The van der Waals surface area contributed by atoms with Crippen LogP contribution in [0.1, 0.15) is 35.4 Å². The molecule has 6 nitrogen and oxygen atoms in total. The second-order valence-corrected chi connectivity index (χ2v) is 6.44. The van der Waals surface area contributed by atoms with Crippen molar-refractivity contribution in [1.29, 1.82) is 0 Å². The SMILES string of the molecule is CO[C@H](c1ccccc1)c1nnc(CCC(=O)N(C)Cc2ccc(F)cc2)o1. The van der Waals surface area contributed by atoms with E-state index < -0.39 is 6.10 Å². The standard InChI is InChI=1S/C21H22FN3O3/c1-25(14-15-8-10-17(22)11-9-15)19(26)13-12-18-23-24-21(28-18)20(27-2)16-6-4-3-5-7-16/h3-11,20H,12-14H2,1-2H3/t20-/m1/s1. The van der Waals surface area contributed by atoms with Gasteiger partial charge in [0.05, 0.1) is 0 Å². The largest absolute Gasteiger partial charge is 0.422 e. The third kappa shape index (κ3) is 5.01. The lowest BCUT2D eigenvalue weighted by molar-refractivity contribution is -0.130. The summed E-state index contributed by atoms with van der Waals surface area (Å²) in [5, 5.41) is 8.09. The minimum absolute atomic E-state index is 0.0598. The summed E-state index contributed by atoms with van der Waals surface area (Å²) in [4.78, 5) is 13.9. The van der Waals surface area contributed by atoms with Gasteiger partial charge in [0.15, 0.2) is 6.10 Å². The number of carbonyl (C=O) groups is 1. The monoisotopic (exact) mass is 383 g/mol. The Morgan fingerprint density at radius 1 is 1.14 bits per heavy atom. The molecule has 0 saturated carbocycles. The Morgan fingerprint density at radius 3 is 2.54 bits per heavy atom. The molecule has 1 aromatic heterocycles. The molecule has 0 saturated heterocycles. The lowest BCUT2D eigenvalue weighted by Gasteiger charge is -2.16. The molecule has 0 aliphatic carbocycles. The summed E-state index contributed by atoms with van der Waals surface area (Å²) in [6.45, 7) is 0.411. The molecular formula is C21H22FN3O3. The highest BCUT2D eigenvalue weighted by Crippen LogP contribution is 2.24. The van der Waals surface area contributed by atoms with Crippen LogP contribution in [0.25, 0.3) is 0 Å². The van der Waals surface area contributed by atoms with Gasteiger partial charge in [-0.2, -0.15) is 0 Å². The lowest BCUT2D eigenvalue weighted by Crippen LogP contribution is -2.26. The van der Waals surface area contributed by atoms with E-state index in [1.165, 1.54) is 12.1 Å². The average molecular weight is 383 g/mol. The molecule has 1 atom stereocenters. The molecule has 0 N–H and O–H groups in total. The van der Waals surface area contributed by atoms with Gasteiger partial charge in [-0.25, -0.2) is 4.39 Å². The molecule has 0 unspecified atom stereocenters. The maximum atomic E-state index is 13.0. The van der Waals surface area contributed by atoms with Crippen molar-refractivity contribution in [1.82, 2.24) is 15.1 Å². The minimum atomic E-state index is -0.445. The van der Waals surface area contributed by atoms with Crippen LogP contribution in [0.5, 0.6) is 0 Å². The first-order valence-corrected chi connectivity index (χ1v) is 8.95. The summed E-state index contributed by atoms with van der Waals surface area (Å²) in [5.41, 5.74) is 1.78. The van der Waals surface area contributed by atoms with Gasteiger partial charge in [-0.05, 0) is 23.3 Å². The van der Waals surface area contributed by atoms with Crippen LogP contribution in [0.15, 0.2) is 59.0 Å². The van der Waals surface area contributed by atoms with Crippen molar-refractivity contribution in [3.05, 3.63) is 83.3 Å². The predicted octanol–water partition coefficient (Wildman–Crippen LogP) is 3.54. The van der Waals surface area contributed by atoms with Crippen LogP contribution in [0.4, 0.5) is 4.39 Å². The minimum Gasteiger partial charge on any atom is -0.422 e.